The SMILES string of the molecule is CNC(=S)N1CCCC(S(C)(=O)=O)C1. The fourth-order valence-corrected chi connectivity index (χ4v) is 2.84. The normalized spacial score (nSPS) is 23.3. The van der Waals surface area contributed by atoms with Crippen molar-refractivity contribution < 1.29 is 8.42 Å². The van der Waals surface area contributed by atoms with E-state index in [4.69, 9.17) is 12.2 Å². The Balaban J connectivity index is 2.65. The molecular formula is C8H16N2O2S2. The lowest BCUT2D eigenvalue weighted by Crippen LogP contribution is -2.47. The van der Waals surface area contributed by atoms with Crippen molar-refractivity contribution in [1.82, 2.24) is 10.2 Å². The first-order valence-corrected chi connectivity index (χ1v) is 6.97. The Morgan fingerprint density at radius 2 is 2.21 bits per heavy atom. The molecule has 1 unspecified atom stereocenters. The Morgan fingerprint density at radius 1 is 1.57 bits per heavy atom. The fourth-order valence-electron chi connectivity index (χ4n) is 1.63. The number of nitrogens with zero attached hydrogens (tertiary/aromatic N) is 1. The van der Waals surface area contributed by atoms with Crippen molar-refractivity contribution in [3.05, 3.63) is 0 Å². The molecule has 0 amide bonds. The number of nitrogens with one attached hydrogen (secondary N) is 1. The van der Waals surface area contributed by atoms with E-state index >= 15 is 0 Å². The highest BCUT2D eigenvalue weighted by Crippen LogP contribution is 2.16. The summed E-state index contributed by atoms with van der Waals surface area (Å²) in [6.07, 6.45) is 2.94. The average Bonchev–Trinajstić information content (AvgIpc) is 2.15. The number of rotatable bonds is 1. The molecule has 1 N–H and O–H groups in total. The van der Waals surface area contributed by atoms with Gasteiger partial charge in [-0.25, -0.2) is 8.42 Å². The molecule has 0 radical (unpaired) electrons. The van der Waals surface area contributed by atoms with Gasteiger partial charge in [0.05, 0.1) is 5.25 Å². The minimum Gasteiger partial charge on any atom is -0.366 e. The number of hydrogen-bond acceptors (Lipinski definition) is 3. The third-order valence-electron chi connectivity index (χ3n) is 2.48. The molecule has 1 fully saturated rings. The quantitative estimate of drug-likeness (QED) is 0.650. The molecule has 6 heteroatoms. The molecule has 1 atom stereocenters. The molecule has 0 spiro atoms. The van der Waals surface area contributed by atoms with Crippen LogP contribution in [0.4, 0.5) is 0 Å². The molecule has 1 heterocycles. The Labute approximate surface area is 90.6 Å². The second-order valence-electron chi connectivity index (χ2n) is 3.59. The smallest absolute Gasteiger partial charge is 0.168 e. The van der Waals surface area contributed by atoms with Gasteiger partial charge in [-0.1, -0.05) is 0 Å². The molecule has 14 heavy (non-hydrogen) atoms. The summed E-state index contributed by atoms with van der Waals surface area (Å²) in [5.41, 5.74) is 0. The summed E-state index contributed by atoms with van der Waals surface area (Å²) in [4.78, 5) is 1.92. The van der Waals surface area contributed by atoms with Crippen LogP contribution < -0.4 is 5.32 Å². The number of sulfone groups is 1. The minimum atomic E-state index is -2.93. The van der Waals surface area contributed by atoms with Crippen LogP contribution in [-0.2, 0) is 9.84 Å². The largest absolute Gasteiger partial charge is 0.366 e. The van der Waals surface area contributed by atoms with E-state index in [0.29, 0.717) is 11.7 Å². The van der Waals surface area contributed by atoms with Gasteiger partial charge in [0.15, 0.2) is 14.9 Å². The van der Waals surface area contributed by atoms with E-state index in [9.17, 15) is 8.42 Å². The van der Waals surface area contributed by atoms with Gasteiger partial charge in [-0.05, 0) is 25.1 Å². The average molecular weight is 236 g/mol. The molecule has 0 aromatic rings. The van der Waals surface area contributed by atoms with Crippen LogP contribution in [0, 0.1) is 0 Å². The molecule has 82 valence electrons. The van der Waals surface area contributed by atoms with Gasteiger partial charge >= 0.3 is 0 Å². The molecule has 0 saturated carbocycles. The van der Waals surface area contributed by atoms with Crippen LogP contribution in [0.2, 0.25) is 0 Å². The van der Waals surface area contributed by atoms with Crippen molar-refractivity contribution in [1.29, 1.82) is 0 Å². The van der Waals surface area contributed by atoms with Gasteiger partial charge in [-0.15, -0.1) is 0 Å². The van der Waals surface area contributed by atoms with Crippen molar-refractivity contribution >= 4 is 27.2 Å². The van der Waals surface area contributed by atoms with Crippen LogP contribution in [0.15, 0.2) is 0 Å². The van der Waals surface area contributed by atoms with Crippen molar-refractivity contribution in [3.63, 3.8) is 0 Å². The summed E-state index contributed by atoms with van der Waals surface area (Å²) in [7, 11) is -1.17. The minimum absolute atomic E-state index is 0.262. The Kier molecular flexibility index (Phi) is 3.71. The summed E-state index contributed by atoms with van der Waals surface area (Å²) in [6, 6.07) is 0. The zero-order valence-electron chi connectivity index (χ0n) is 8.49. The van der Waals surface area contributed by atoms with Crippen molar-refractivity contribution in [2.24, 2.45) is 0 Å². The molecule has 1 aliphatic heterocycles. The second kappa shape index (κ2) is 4.44. The Morgan fingerprint density at radius 3 is 2.71 bits per heavy atom. The number of hydrogen-bond donors (Lipinski definition) is 1. The van der Waals surface area contributed by atoms with Crippen LogP contribution in [0.25, 0.3) is 0 Å². The highest BCUT2D eigenvalue weighted by Gasteiger charge is 2.28. The highest BCUT2D eigenvalue weighted by atomic mass is 32.2. The number of likely N-dealkylation sites (tertiary alicyclic amines) is 1. The zero-order valence-corrected chi connectivity index (χ0v) is 10.1. The van der Waals surface area contributed by atoms with Crippen molar-refractivity contribution in [2.75, 3.05) is 26.4 Å². The Hall–Kier alpha value is -0.360. The first-order valence-electron chi connectivity index (χ1n) is 4.60. The molecule has 1 rings (SSSR count). The van der Waals surface area contributed by atoms with Crippen LogP contribution in [0.5, 0.6) is 0 Å². The van der Waals surface area contributed by atoms with E-state index in [1.54, 1.807) is 7.05 Å². The summed E-state index contributed by atoms with van der Waals surface area (Å²) in [5, 5.41) is 3.25. The van der Waals surface area contributed by atoms with E-state index in [1.165, 1.54) is 6.26 Å². The van der Waals surface area contributed by atoms with E-state index in [1.807, 2.05) is 4.90 Å². The molecule has 1 aliphatic rings. The molecule has 0 aromatic heterocycles. The maximum Gasteiger partial charge on any atom is 0.168 e. The van der Waals surface area contributed by atoms with Crippen LogP contribution in [-0.4, -0.2) is 50.1 Å². The lowest BCUT2D eigenvalue weighted by atomic mass is 10.1. The number of thiocarbonyl (C=S) groups is 1. The third kappa shape index (κ3) is 2.81. The van der Waals surface area contributed by atoms with Gasteiger partial charge in [0.1, 0.15) is 0 Å². The van der Waals surface area contributed by atoms with Gasteiger partial charge < -0.3 is 10.2 Å². The zero-order chi connectivity index (χ0) is 10.8. The summed E-state index contributed by atoms with van der Waals surface area (Å²) in [5.74, 6) is 0. The van der Waals surface area contributed by atoms with Crippen molar-refractivity contribution in [2.45, 2.75) is 18.1 Å². The highest BCUT2D eigenvalue weighted by molar-refractivity contribution is 7.91. The van der Waals surface area contributed by atoms with E-state index in [0.717, 1.165) is 19.4 Å². The molecule has 0 bridgehead atoms. The topological polar surface area (TPSA) is 49.4 Å². The van der Waals surface area contributed by atoms with Gasteiger partial charge in [0, 0.05) is 26.4 Å². The molecule has 1 saturated heterocycles. The standard InChI is InChI=1S/C8H16N2O2S2/c1-9-8(13)10-5-3-4-7(6-10)14(2,11)12/h7H,3-6H2,1-2H3,(H,9,13). The van der Waals surface area contributed by atoms with Crippen molar-refractivity contribution in [3.8, 4) is 0 Å². The lowest BCUT2D eigenvalue weighted by molar-refractivity contribution is 0.339. The first kappa shape index (κ1) is 11.7. The molecule has 0 aliphatic carbocycles. The monoisotopic (exact) mass is 236 g/mol. The van der Waals surface area contributed by atoms with E-state index in [2.05, 4.69) is 5.32 Å². The maximum atomic E-state index is 11.4. The van der Waals surface area contributed by atoms with E-state index < -0.39 is 9.84 Å². The predicted molar refractivity (Wildman–Crippen MR) is 61.1 cm³/mol. The first-order chi connectivity index (χ1) is 6.45. The lowest BCUT2D eigenvalue weighted by Gasteiger charge is -2.33. The van der Waals surface area contributed by atoms with Crippen LogP contribution in [0.1, 0.15) is 12.8 Å². The van der Waals surface area contributed by atoms with Gasteiger partial charge in [0.2, 0.25) is 0 Å². The summed E-state index contributed by atoms with van der Waals surface area (Å²) in [6.45, 7) is 1.38. The molecular weight excluding hydrogens is 220 g/mol. The van der Waals surface area contributed by atoms with Gasteiger partial charge in [-0.2, -0.15) is 0 Å². The summed E-state index contributed by atoms with van der Waals surface area (Å²) >= 11 is 5.07. The van der Waals surface area contributed by atoms with Crippen LogP contribution in [0.3, 0.4) is 0 Å². The van der Waals surface area contributed by atoms with E-state index in [-0.39, 0.29) is 5.25 Å². The predicted octanol–water partition coefficient (Wildman–Crippen LogP) is -0.000300. The Bertz CT molecular complexity index is 313. The molecule has 0 aromatic carbocycles. The molecule has 4 nitrogen and oxygen atoms in total. The summed E-state index contributed by atoms with van der Waals surface area (Å²) < 4.78 is 22.7. The van der Waals surface area contributed by atoms with Crippen LogP contribution >= 0.6 is 12.2 Å². The van der Waals surface area contributed by atoms with Gasteiger partial charge in [-0.3, -0.25) is 0 Å². The van der Waals surface area contributed by atoms with Gasteiger partial charge in [0.25, 0.3) is 0 Å². The maximum absolute atomic E-state index is 11.4. The fraction of sp³-hybridized carbons (Fsp3) is 0.875. The second-order valence-corrected chi connectivity index (χ2v) is 6.31. The number of piperidine rings is 1. The third-order valence-corrected chi connectivity index (χ3v) is 4.54.